The zero-order valence-electron chi connectivity index (χ0n) is 9.37. The molecule has 0 spiro atoms. The molecule has 1 aromatic carbocycles. The van der Waals surface area contributed by atoms with Gasteiger partial charge in [0.15, 0.2) is 0 Å². The predicted molar refractivity (Wildman–Crippen MR) is 61.8 cm³/mol. The number of rotatable bonds is 1. The van der Waals surface area contributed by atoms with Gasteiger partial charge in [-0.2, -0.15) is 0 Å². The third kappa shape index (κ3) is 1.81. The van der Waals surface area contributed by atoms with Crippen molar-refractivity contribution in [2.24, 2.45) is 0 Å². The number of nitrogens with one attached hydrogen (secondary N) is 1. The average Bonchev–Trinajstić information content (AvgIpc) is 2.73. The Balaban J connectivity index is 1.97. The molecule has 1 N–H and O–H groups in total. The third-order valence-electron chi connectivity index (χ3n) is 3.34. The van der Waals surface area contributed by atoms with E-state index in [1.54, 1.807) is 0 Å². The highest BCUT2D eigenvalue weighted by Crippen LogP contribution is 2.35. The molecule has 0 aromatic heterocycles. The Kier molecular flexibility index (Phi) is 2.80. The molecule has 16 heavy (non-hydrogen) atoms. The number of ether oxygens (including phenoxy) is 2. The Morgan fingerprint density at radius 2 is 2.25 bits per heavy atom. The maximum absolute atomic E-state index is 5.87. The molecule has 1 unspecified atom stereocenters. The first-order valence-corrected chi connectivity index (χ1v) is 5.98. The molecule has 0 saturated carbocycles. The molecule has 3 rings (SSSR count). The summed E-state index contributed by atoms with van der Waals surface area (Å²) in [6.07, 6.45) is 1.12. The number of para-hydroxylation sites is 1. The first-order valence-electron chi connectivity index (χ1n) is 5.98. The zero-order valence-corrected chi connectivity index (χ0v) is 9.37. The first kappa shape index (κ1) is 10.1. The van der Waals surface area contributed by atoms with Crippen LogP contribution in [0.5, 0.6) is 5.75 Å². The van der Waals surface area contributed by atoms with Crippen molar-refractivity contribution in [3.8, 4) is 5.75 Å². The Labute approximate surface area is 95.8 Å². The van der Waals surface area contributed by atoms with E-state index in [9.17, 15) is 0 Å². The quantitative estimate of drug-likeness (QED) is 0.779. The Hall–Kier alpha value is -1.06. The average molecular weight is 219 g/mol. The van der Waals surface area contributed by atoms with Gasteiger partial charge < -0.3 is 14.8 Å². The van der Waals surface area contributed by atoms with Gasteiger partial charge in [-0.3, -0.25) is 0 Å². The molecule has 1 aromatic rings. The van der Waals surface area contributed by atoms with Crippen LogP contribution < -0.4 is 10.1 Å². The van der Waals surface area contributed by atoms with Crippen molar-refractivity contribution in [1.82, 2.24) is 5.32 Å². The lowest BCUT2D eigenvalue weighted by atomic mass is 9.95. The molecule has 1 fully saturated rings. The lowest BCUT2D eigenvalue weighted by molar-refractivity contribution is 0.193. The van der Waals surface area contributed by atoms with Gasteiger partial charge in [-0.15, -0.1) is 0 Å². The Morgan fingerprint density at radius 3 is 3.12 bits per heavy atom. The highest BCUT2D eigenvalue weighted by Gasteiger charge is 2.23. The van der Waals surface area contributed by atoms with E-state index in [1.165, 1.54) is 11.1 Å². The van der Waals surface area contributed by atoms with Crippen molar-refractivity contribution in [3.63, 3.8) is 0 Å². The Bertz CT molecular complexity index is 372. The van der Waals surface area contributed by atoms with Gasteiger partial charge in [-0.1, -0.05) is 18.2 Å². The minimum Gasteiger partial charge on any atom is -0.492 e. The smallest absolute Gasteiger partial charge is 0.127 e. The molecule has 2 aliphatic rings. The molecule has 2 aliphatic heterocycles. The van der Waals surface area contributed by atoms with Gasteiger partial charge in [-0.05, 0) is 12.0 Å². The van der Waals surface area contributed by atoms with E-state index < -0.39 is 0 Å². The lowest BCUT2D eigenvalue weighted by Gasteiger charge is -2.16. The second kappa shape index (κ2) is 4.44. The van der Waals surface area contributed by atoms with Crippen LogP contribution in [0.3, 0.4) is 0 Å². The summed E-state index contributed by atoms with van der Waals surface area (Å²) in [5.74, 6) is 1.62. The topological polar surface area (TPSA) is 30.5 Å². The van der Waals surface area contributed by atoms with Crippen LogP contribution in [0.4, 0.5) is 0 Å². The summed E-state index contributed by atoms with van der Waals surface area (Å²) >= 11 is 0. The van der Waals surface area contributed by atoms with Crippen molar-refractivity contribution in [2.45, 2.75) is 18.9 Å². The number of hydrogen-bond donors (Lipinski definition) is 1. The lowest BCUT2D eigenvalue weighted by Crippen LogP contribution is -2.16. The van der Waals surface area contributed by atoms with Crippen LogP contribution in [0.25, 0.3) is 0 Å². The van der Waals surface area contributed by atoms with Crippen molar-refractivity contribution < 1.29 is 9.47 Å². The molecule has 3 heteroatoms. The number of benzene rings is 1. The largest absolute Gasteiger partial charge is 0.492 e. The normalized spacial score (nSPS) is 24.6. The predicted octanol–water partition coefficient (Wildman–Crippen LogP) is 1.67. The van der Waals surface area contributed by atoms with Gasteiger partial charge in [0, 0.05) is 31.2 Å². The van der Waals surface area contributed by atoms with Gasteiger partial charge in [-0.25, -0.2) is 0 Å². The maximum Gasteiger partial charge on any atom is 0.127 e. The van der Waals surface area contributed by atoms with Crippen molar-refractivity contribution in [2.75, 3.05) is 26.4 Å². The van der Waals surface area contributed by atoms with E-state index in [2.05, 4.69) is 23.5 Å². The van der Waals surface area contributed by atoms with Gasteiger partial charge in [0.05, 0.1) is 6.61 Å². The van der Waals surface area contributed by atoms with E-state index in [0.717, 1.165) is 45.1 Å². The van der Waals surface area contributed by atoms with Crippen molar-refractivity contribution in [3.05, 3.63) is 29.3 Å². The molecule has 1 atom stereocenters. The van der Waals surface area contributed by atoms with Crippen LogP contribution in [0.1, 0.15) is 23.5 Å². The summed E-state index contributed by atoms with van der Waals surface area (Å²) in [5.41, 5.74) is 2.61. The van der Waals surface area contributed by atoms with Gasteiger partial charge >= 0.3 is 0 Å². The van der Waals surface area contributed by atoms with Gasteiger partial charge in [0.2, 0.25) is 0 Å². The van der Waals surface area contributed by atoms with Crippen LogP contribution in [0.15, 0.2) is 18.2 Å². The molecule has 1 saturated heterocycles. The van der Waals surface area contributed by atoms with Gasteiger partial charge in [0.25, 0.3) is 0 Å². The first-order chi connectivity index (χ1) is 7.95. The summed E-state index contributed by atoms with van der Waals surface area (Å²) in [5, 5.41) is 3.36. The van der Waals surface area contributed by atoms with Crippen LogP contribution in [0, 0.1) is 0 Å². The van der Waals surface area contributed by atoms with E-state index in [-0.39, 0.29) is 0 Å². The second-order valence-electron chi connectivity index (χ2n) is 4.42. The van der Waals surface area contributed by atoms with E-state index in [0.29, 0.717) is 5.92 Å². The fourth-order valence-electron chi connectivity index (χ4n) is 2.47. The fraction of sp³-hybridized carbons (Fsp3) is 0.538. The van der Waals surface area contributed by atoms with E-state index >= 15 is 0 Å². The SMILES string of the molecule is c1cc2c(c(C3CCOC3)c1)OCCNC2. The number of hydrogen-bond acceptors (Lipinski definition) is 3. The molecular weight excluding hydrogens is 202 g/mol. The van der Waals surface area contributed by atoms with Crippen LogP contribution in [-0.2, 0) is 11.3 Å². The maximum atomic E-state index is 5.87. The minimum atomic E-state index is 0.521. The van der Waals surface area contributed by atoms with Crippen LogP contribution in [-0.4, -0.2) is 26.4 Å². The van der Waals surface area contributed by atoms with E-state index in [4.69, 9.17) is 9.47 Å². The van der Waals surface area contributed by atoms with Crippen molar-refractivity contribution >= 4 is 0 Å². The molecular formula is C13H17NO2. The molecule has 2 heterocycles. The highest BCUT2D eigenvalue weighted by atomic mass is 16.5. The molecule has 0 amide bonds. The van der Waals surface area contributed by atoms with Gasteiger partial charge in [0.1, 0.15) is 12.4 Å². The van der Waals surface area contributed by atoms with Crippen LogP contribution >= 0.6 is 0 Å². The highest BCUT2D eigenvalue weighted by molar-refractivity contribution is 5.44. The molecule has 0 radical (unpaired) electrons. The molecule has 3 nitrogen and oxygen atoms in total. The Morgan fingerprint density at radius 1 is 1.25 bits per heavy atom. The number of fused-ring (bicyclic) bond motifs is 1. The standard InChI is InChI=1S/C13H17NO2/c1-2-10-8-14-5-7-16-13(10)12(3-1)11-4-6-15-9-11/h1-3,11,14H,4-9H2. The monoisotopic (exact) mass is 219 g/mol. The zero-order chi connectivity index (χ0) is 10.8. The molecule has 0 aliphatic carbocycles. The molecule has 86 valence electrons. The van der Waals surface area contributed by atoms with Crippen LogP contribution in [0.2, 0.25) is 0 Å². The van der Waals surface area contributed by atoms with E-state index in [1.807, 2.05) is 0 Å². The summed E-state index contributed by atoms with van der Waals surface area (Å²) < 4.78 is 11.3. The van der Waals surface area contributed by atoms with Crippen molar-refractivity contribution in [1.29, 1.82) is 0 Å². The summed E-state index contributed by atoms with van der Waals surface area (Å²) in [7, 11) is 0. The summed E-state index contributed by atoms with van der Waals surface area (Å²) in [6, 6.07) is 6.46. The summed E-state index contributed by atoms with van der Waals surface area (Å²) in [4.78, 5) is 0. The summed E-state index contributed by atoms with van der Waals surface area (Å²) in [6.45, 7) is 4.32. The second-order valence-corrected chi connectivity index (χ2v) is 4.42. The molecule has 0 bridgehead atoms. The minimum absolute atomic E-state index is 0.521. The fourth-order valence-corrected chi connectivity index (χ4v) is 2.47. The third-order valence-corrected chi connectivity index (χ3v) is 3.34.